The van der Waals surface area contributed by atoms with E-state index in [4.69, 9.17) is 24.1 Å². The first kappa shape index (κ1) is 25.9. The average molecular weight is 477 g/mol. The number of carbonyl (C=O) groups is 1. The molecule has 1 fully saturated rings. The van der Waals surface area contributed by atoms with Crippen LogP contribution in [0.2, 0.25) is 0 Å². The van der Waals surface area contributed by atoms with Crippen molar-refractivity contribution in [3.05, 3.63) is 59.4 Å². The minimum absolute atomic E-state index is 0.0480. The average Bonchev–Trinajstić information content (AvgIpc) is 2.87. The fourth-order valence-corrected chi connectivity index (χ4v) is 3.84. The molecular weight excluding hydrogens is 443 g/mol. The molecule has 0 saturated carbocycles. The third kappa shape index (κ3) is 6.89. The molecule has 2 aromatic rings. The lowest BCUT2D eigenvalue weighted by molar-refractivity contribution is -0.0950. The number of nitrogens with zero attached hydrogens (tertiary/aromatic N) is 1. The highest BCUT2D eigenvalue weighted by atomic mass is 19.1. The second-order valence-corrected chi connectivity index (χ2v) is 8.07. The molecular formula is C25H33FN2O6. The van der Waals surface area contributed by atoms with Gasteiger partial charge in [-0.15, -0.1) is 0 Å². The maximum absolute atomic E-state index is 14.4. The van der Waals surface area contributed by atoms with Crippen molar-refractivity contribution in [3.8, 4) is 5.75 Å². The number of aliphatic hydroxyl groups is 1. The van der Waals surface area contributed by atoms with Crippen molar-refractivity contribution >= 4 is 11.7 Å². The van der Waals surface area contributed by atoms with E-state index in [2.05, 4.69) is 5.32 Å². The predicted octanol–water partition coefficient (Wildman–Crippen LogP) is 3.21. The maximum Gasteiger partial charge on any atom is 0.321 e. The Bertz CT molecular complexity index is 918. The third-order valence-electron chi connectivity index (χ3n) is 5.88. The van der Waals surface area contributed by atoms with Crippen LogP contribution in [0.5, 0.6) is 5.75 Å². The number of rotatable bonds is 11. The van der Waals surface area contributed by atoms with Crippen LogP contribution in [0.1, 0.15) is 24.0 Å². The zero-order chi connectivity index (χ0) is 24.4. The smallest absolute Gasteiger partial charge is 0.321 e. The lowest BCUT2D eigenvalue weighted by Gasteiger charge is -2.36. The van der Waals surface area contributed by atoms with E-state index >= 15 is 0 Å². The van der Waals surface area contributed by atoms with E-state index in [1.807, 2.05) is 30.3 Å². The molecule has 0 bridgehead atoms. The first-order valence-corrected chi connectivity index (χ1v) is 11.3. The number of amides is 2. The summed E-state index contributed by atoms with van der Waals surface area (Å²) in [6.45, 7) is 2.26. The predicted molar refractivity (Wildman–Crippen MR) is 126 cm³/mol. The van der Waals surface area contributed by atoms with Gasteiger partial charge in [0.25, 0.3) is 0 Å². The number of hydrogen-bond acceptors (Lipinski definition) is 6. The Balaban J connectivity index is 1.57. The Morgan fingerprint density at radius 1 is 1.18 bits per heavy atom. The number of aliphatic hydroxyl groups excluding tert-OH is 1. The first-order chi connectivity index (χ1) is 16.5. The van der Waals surface area contributed by atoms with E-state index in [1.54, 1.807) is 14.2 Å². The van der Waals surface area contributed by atoms with Gasteiger partial charge in [0, 0.05) is 58.5 Å². The molecule has 186 valence electrons. The van der Waals surface area contributed by atoms with Crippen molar-refractivity contribution in [2.75, 3.05) is 58.6 Å². The van der Waals surface area contributed by atoms with Gasteiger partial charge in [-0.05, 0) is 35.4 Å². The number of urea groups is 1. The van der Waals surface area contributed by atoms with Crippen molar-refractivity contribution in [2.45, 2.75) is 25.0 Å². The molecule has 9 heteroatoms. The first-order valence-electron chi connectivity index (χ1n) is 11.3. The molecule has 1 aliphatic rings. The molecule has 0 aliphatic carbocycles. The van der Waals surface area contributed by atoms with Gasteiger partial charge in [0.2, 0.25) is 0 Å². The molecule has 0 unspecified atom stereocenters. The number of hydrogen-bond donors (Lipinski definition) is 2. The molecule has 3 rings (SSSR count). The van der Waals surface area contributed by atoms with Gasteiger partial charge in [-0.2, -0.15) is 0 Å². The van der Waals surface area contributed by atoms with E-state index in [9.17, 15) is 9.18 Å². The second-order valence-electron chi connectivity index (χ2n) is 8.07. The molecule has 0 radical (unpaired) electrons. The van der Waals surface area contributed by atoms with Gasteiger partial charge in [0.1, 0.15) is 18.2 Å². The zero-order valence-electron chi connectivity index (χ0n) is 19.7. The van der Waals surface area contributed by atoms with Crippen LogP contribution < -0.4 is 15.0 Å². The number of benzene rings is 2. The monoisotopic (exact) mass is 476 g/mol. The molecule has 1 heterocycles. The molecule has 34 heavy (non-hydrogen) atoms. The normalized spacial score (nSPS) is 15.1. The SMILES string of the molecule is COC1(c2cc(F)cc(OCc3ccc(N(C)C(=O)NCCOCCO)cc3)c2)CCOCC1. The largest absolute Gasteiger partial charge is 0.489 e. The number of nitrogens with one attached hydrogen (secondary N) is 1. The molecule has 8 nitrogen and oxygen atoms in total. The topological polar surface area (TPSA) is 89.5 Å². The lowest BCUT2D eigenvalue weighted by Crippen LogP contribution is -2.39. The molecule has 0 spiro atoms. The summed E-state index contributed by atoms with van der Waals surface area (Å²) in [4.78, 5) is 13.7. The quantitative estimate of drug-likeness (QED) is 0.484. The van der Waals surface area contributed by atoms with Crippen LogP contribution in [0.3, 0.4) is 0 Å². The van der Waals surface area contributed by atoms with Crippen LogP contribution in [0, 0.1) is 5.82 Å². The van der Waals surface area contributed by atoms with Crippen LogP contribution in [0.4, 0.5) is 14.9 Å². The number of ether oxygens (including phenoxy) is 4. The second kappa shape index (κ2) is 12.7. The fraction of sp³-hybridized carbons (Fsp3) is 0.480. The standard InChI is InChI=1S/C25H33FN2O6/c1-28(24(30)27-9-13-33-14-10-29)22-5-3-19(4-6-22)18-34-23-16-20(15-21(26)17-23)25(31-2)7-11-32-12-8-25/h3-6,15-17,29H,7-14,18H2,1-2H3,(H,27,30). The number of carbonyl (C=O) groups excluding carboxylic acids is 1. The van der Waals surface area contributed by atoms with Crippen molar-refractivity contribution in [1.82, 2.24) is 5.32 Å². The minimum atomic E-state index is -0.573. The summed E-state index contributed by atoms with van der Waals surface area (Å²) in [5.41, 5.74) is 1.77. The third-order valence-corrected chi connectivity index (χ3v) is 5.88. The molecule has 0 atom stereocenters. The van der Waals surface area contributed by atoms with Gasteiger partial charge in [-0.25, -0.2) is 9.18 Å². The number of methoxy groups -OCH3 is 1. The highest BCUT2D eigenvalue weighted by Gasteiger charge is 2.35. The zero-order valence-corrected chi connectivity index (χ0v) is 19.7. The summed E-state index contributed by atoms with van der Waals surface area (Å²) in [6.07, 6.45) is 1.31. The fourth-order valence-electron chi connectivity index (χ4n) is 3.84. The summed E-state index contributed by atoms with van der Waals surface area (Å²) in [7, 11) is 3.31. The molecule has 0 aromatic heterocycles. The molecule has 1 saturated heterocycles. The van der Waals surface area contributed by atoms with Gasteiger partial charge >= 0.3 is 6.03 Å². The highest BCUT2D eigenvalue weighted by molar-refractivity contribution is 5.91. The van der Waals surface area contributed by atoms with Crippen molar-refractivity contribution < 1.29 is 33.2 Å². The Labute approximate surface area is 199 Å². The maximum atomic E-state index is 14.4. The summed E-state index contributed by atoms with van der Waals surface area (Å²) in [5, 5.41) is 11.4. The minimum Gasteiger partial charge on any atom is -0.489 e. The van der Waals surface area contributed by atoms with Crippen molar-refractivity contribution in [3.63, 3.8) is 0 Å². The molecule has 2 N–H and O–H groups in total. The van der Waals surface area contributed by atoms with Crippen molar-refractivity contribution in [2.24, 2.45) is 0 Å². The summed E-state index contributed by atoms with van der Waals surface area (Å²) in [5.74, 6) is 0.0575. The summed E-state index contributed by atoms with van der Waals surface area (Å²) >= 11 is 0. The molecule has 2 aromatic carbocycles. The van der Waals surface area contributed by atoms with Crippen LogP contribution >= 0.6 is 0 Å². The van der Waals surface area contributed by atoms with Crippen molar-refractivity contribution in [1.29, 1.82) is 0 Å². The van der Waals surface area contributed by atoms with Gasteiger partial charge in [-0.1, -0.05) is 12.1 Å². The summed E-state index contributed by atoms with van der Waals surface area (Å²) < 4.78 is 36.6. The Kier molecular flexibility index (Phi) is 9.64. The molecule has 2 amide bonds. The Hall–Kier alpha value is -2.72. The summed E-state index contributed by atoms with van der Waals surface area (Å²) in [6, 6.07) is 11.8. The molecule has 1 aliphatic heterocycles. The van der Waals surface area contributed by atoms with E-state index < -0.39 is 5.60 Å². The van der Waals surface area contributed by atoms with E-state index in [1.165, 1.54) is 17.0 Å². The van der Waals surface area contributed by atoms with Gasteiger partial charge < -0.3 is 29.4 Å². The van der Waals surface area contributed by atoms with E-state index in [0.717, 1.165) is 11.1 Å². The van der Waals surface area contributed by atoms with E-state index in [-0.39, 0.29) is 31.7 Å². The Morgan fingerprint density at radius 3 is 2.59 bits per heavy atom. The van der Waals surface area contributed by atoms with Crippen LogP contribution in [0.15, 0.2) is 42.5 Å². The van der Waals surface area contributed by atoms with Gasteiger partial charge in [0.05, 0.1) is 25.4 Å². The van der Waals surface area contributed by atoms with Crippen LogP contribution in [-0.4, -0.2) is 64.9 Å². The van der Waals surface area contributed by atoms with Gasteiger partial charge in [0.15, 0.2) is 0 Å². The lowest BCUT2D eigenvalue weighted by atomic mass is 9.86. The number of anilines is 1. The van der Waals surface area contributed by atoms with Gasteiger partial charge in [-0.3, -0.25) is 4.90 Å². The number of halogens is 1. The van der Waals surface area contributed by atoms with E-state index in [0.29, 0.717) is 50.6 Å². The van der Waals surface area contributed by atoms with Crippen LogP contribution in [-0.2, 0) is 26.4 Å². The Morgan fingerprint density at radius 2 is 1.91 bits per heavy atom. The highest BCUT2D eigenvalue weighted by Crippen LogP contribution is 2.37. The van der Waals surface area contributed by atoms with Crippen LogP contribution in [0.25, 0.3) is 0 Å².